The third-order valence-corrected chi connectivity index (χ3v) is 2.45. The van der Waals surface area contributed by atoms with Gasteiger partial charge in [-0.25, -0.2) is 0 Å². The van der Waals surface area contributed by atoms with Crippen LogP contribution in [0, 0.1) is 0 Å². The molecule has 4 nitrogen and oxygen atoms in total. The van der Waals surface area contributed by atoms with E-state index in [0.717, 1.165) is 30.0 Å². The molecule has 0 spiro atoms. The van der Waals surface area contributed by atoms with Crippen LogP contribution >= 0.6 is 0 Å². The van der Waals surface area contributed by atoms with Crippen LogP contribution in [-0.4, -0.2) is 14.8 Å². The van der Waals surface area contributed by atoms with Crippen LogP contribution in [0.4, 0.5) is 5.69 Å². The van der Waals surface area contributed by atoms with Crippen LogP contribution in [0.1, 0.15) is 24.7 Å². The highest BCUT2D eigenvalue weighted by molar-refractivity contribution is 5.68. The molecule has 0 aliphatic carbocycles. The van der Waals surface area contributed by atoms with Crippen LogP contribution in [0.3, 0.4) is 0 Å². The number of benzene rings is 1. The van der Waals surface area contributed by atoms with Crippen molar-refractivity contribution < 1.29 is 0 Å². The van der Waals surface area contributed by atoms with Crippen LogP contribution in [0.25, 0.3) is 12.2 Å². The van der Waals surface area contributed by atoms with E-state index in [-0.39, 0.29) is 0 Å². The van der Waals surface area contributed by atoms with Crippen LogP contribution in [-0.2, 0) is 6.54 Å². The molecule has 0 unspecified atom stereocenters. The van der Waals surface area contributed by atoms with Crippen LogP contribution in [0.15, 0.2) is 30.6 Å². The number of nitrogens with two attached hydrogens (primary N) is 1. The molecule has 0 radical (unpaired) electrons. The quantitative estimate of drug-likeness (QED) is 0.818. The van der Waals surface area contributed by atoms with Crippen LogP contribution in [0.2, 0.25) is 0 Å². The second kappa shape index (κ2) is 5.30. The summed E-state index contributed by atoms with van der Waals surface area (Å²) in [6.07, 6.45) is 6.77. The van der Waals surface area contributed by atoms with Crippen molar-refractivity contribution in [3.05, 3.63) is 42.0 Å². The standard InChI is InChI=1S/C13H16N4/c1-2-8-17-10-15-16-13(17)7-6-11-4-3-5-12(14)9-11/h3-7,9-10H,2,8,14H2,1H3/b7-6+. The molecule has 2 rings (SSSR count). The normalized spacial score (nSPS) is 11.1. The van der Waals surface area contributed by atoms with Gasteiger partial charge in [0.1, 0.15) is 6.33 Å². The molecule has 1 heterocycles. The number of nitrogen functional groups attached to an aromatic ring is 1. The van der Waals surface area contributed by atoms with E-state index in [9.17, 15) is 0 Å². The predicted octanol–water partition coefficient (Wildman–Crippen LogP) is 2.44. The fourth-order valence-electron chi connectivity index (χ4n) is 1.64. The zero-order valence-electron chi connectivity index (χ0n) is 9.87. The molecule has 2 aromatic rings. The van der Waals surface area contributed by atoms with Gasteiger partial charge < -0.3 is 10.3 Å². The molecule has 88 valence electrons. The Balaban J connectivity index is 2.17. The minimum absolute atomic E-state index is 0.766. The van der Waals surface area contributed by atoms with Crippen molar-refractivity contribution in [3.63, 3.8) is 0 Å². The van der Waals surface area contributed by atoms with Crippen LogP contribution < -0.4 is 5.73 Å². The zero-order chi connectivity index (χ0) is 12.1. The van der Waals surface area contributed by atoms with E-state index >= 15 is 0 Å². The van der Waals surface area contributed by atoms with Gasteiger partial charge in [-0.15, -0.1) is 10.2 Å². The van der Waals surface area contributed by atoms with E-state index in [1.165, 1.54) is 0 Å². The van der Waals surface area contributed by atoms with Crippen molar-refractivity contribution in [2.24, 2.45) is 0 Å². The molecule has 17 heavy (non-hydrogen) atoms. The fourth-order valence-corrected chi connectivity index (χ4v) is 1.64. The molecule has 0 aliphatic rings. The van der Waals surface area contributed by atoms with Gasteiger partial charge in [0.15, 0.2) is 5.82 Å². The lowest BCUT2D eigenvalue weighted by Crippen LogP contribution is -1.97. The average molecular weight is 228 g/mol. The molecule has 0 saturated heterocycles. The Morgan fingerprint density at radius 2 is 2.24 bits per heavy atom. The van der Waals surface area contributed by atoms with Crippen molar-refractivity contribution >= 4 is 17.8 Å². The van der Waals surface area contributed by atoms with Crippen molar-refractivity contribution in [1.82, 2.24) is 14.8 Å². The Labute approximate surface area is 101 Å². The molecular weight excluding hydrogens is 212 g/mol. The van der Waals surface area contributed by atoms with Gasteiger partial charge in [-0.2, -0.15) is 0 Å². The molecule has 2 N–H and O–H groups in total. The average Bonchev–Trinajstić information content (AvgIpc) is 2.75. The predicted molar refractivity (Wildman–Crippen MR) is 70.1 cm³/mol. The summed E-state index contributed by atoms with van der Waals surface area (Å²) >= 11 is 0. The maximum Gasteiger partial charge on any atom is 0.156 e. The summed E-state index contributed by atoms with van der Waals surface area (Å²) in [4.78, 5) is 0. The van der Waals surface area contributed by atoms with E-state index in [0.29, 0.717) is 0 Å². The Morgan fingerprint density at radius 1 is 1.35 bits per heavy atom. The summed E-state index contributed by atoms with van der Waals surface area (Å²) in [5.74, 6) is 0.870. The van der Waals surface area contributed by atoms with E-state index in [4.69, 9.17) is 5.73 Å². The van der Waals surface area contributed by atoms with Crippen molar-refractivity contribution in [2.45, 2.75) is 19.9 Å². The molecule has 0 aliphatic heterocycles. The monoisotopic (exact) mass is 228 g/mol. The Morgan fingerprint density at radius 3 is 3.00 bits per heavy atom. The summed E-state index contributed by atoms with van der Waals surface area (Å²) in [7, 11) is 0. The highest BCUT2D eigenvalue weighted by Gasteiger charge is 1.98. The molecule has 0 amide bonds. The Hall–Kier alpha value is -2.10. The molecule has 1 aromatic heterocycles. The molecule has 0 saturated carbocycles. The van der Waals surface area contributed by atoms with E-state index in [2.05, 4.69) is 17.1 Å². The van der Waals surface area contributed by atoms with Gasteiger partial charge in [0.05, 0.1) is 0 Å². The number of aromatic nitrogens is 3. The van der Waals surface area contributed by atoms with Gasteiger partial charge in [-0.3, -0.25) is 0 Å². The molecule has 1 aromatic carbocycles. The summed E-state index contributed by atoms with van der Waals surface area (Å²) < 4.78 is 2.03. The SMILES string of the molecule is CCCn1cnnc1/C=C/c1cccc(N)c1. The van der Waals surface area contributed by atoms with Crippen molar-refractivity contribution in [2.75, 3.05) is 5.73 Å². The summed E-state index contributed by atoms with van der Waals surface area (Å²) in [6, 6.07) is 7.74. The lowest BCUT2D eigenvalue weighted by atomic mass is 10.2. The molecule has 0 atom stereocenters. The second-order valence-electron chi connectivity index (χ2n) is 3.89. The lowest BCUT2D eigenvalue weighted by molar-refractivity contribution is 0.671. The lowest BCUT2D eigenvalue weighted by Gasteiger charge is -2.00. The third-order valence-electron chi connectivity index (χ3n) is 2.45. The zero-order valence-corrected chi connectivity index (χ0v) is 9.87. The summed E-state index contributed by atoms with van der Waals surface area (Å²) in [6.45, 7) is 3.06. The van der Waals surface area contributed by atoms with Gasteiger partial charge in [0, 0.05) is 12.2 Å². The number of rotatable bonds is 4. The first kappa shape index (κ1) is 11.4. The number of hydrogen-bond donors (Lipinski definition) is 1. The first-order valence-corrected chi connectivity index (χ1v) is 5.71. The number of aryl methyl sites for hydroxylation is 1. The Kier molecular flexibility index (Phi) is 3.55. The second-order valence-corrected chi connectivity index (χ2v) is 3.89. The van der Waals surface area contributed by atoms with Gasteiger partial charge in [-0.1, -0.05) is 25.1 Å². The number of hydrogen-bond acceptors (Lipinski definition) is 3. The molecular formula is C13H16N4. The maximum absolute atomic E-state index is 5.72. The first-order valence-electron chi connectivity index (χ1n) is 5.71. The number of anilines is 1. The number of nitrogens with zero attached hydrogens (tertiary/aromatic N) is 3. The summed E-state index contributed by atoms with van der Waals surface area (Å²) in [5.41, 5.74) is 7.55. The van der Waals surface area contributed by atoms with E-state index < -0.39 is 0 Å². The van der Waals surface area contributed by atoms with Gasteiger partial charge in [0.25, 0.3) is 0 Å². The van der Waals surface area contributed by atoms with E-state index in [1.54, 1.807) is 6.33 Å². The molecule has 0 fully saturated rings. The minimum atomic E-state index is 0.766. The maximum atomic E-state index is 5.72. The highest BCUT2D eigenvalue weighted by Crippen LogP contribution is 2.10. The molecule has 4 heteroatoms. The third kappa shape index (κ3) is 2.93. The van der Waals surface area contributed by atoms with Crippen LogP contribution in [0.5, 0.6) is 0 Å². The largest absolute Gasteiger partial charge is 0.399 e. The van der Waals surface area contributed by atoms with Crippen molar-refractivity contribution in [3.8, 4) is 0 Å². The van der Waals surface area contributed by atoms with Gasteiger partial charge in [-0.05, 0) is 30.2 Å². The van der Waals surface area contributed by atoms with Gasteiger partial charge >= 0.3 is 0 Å². The van der Waals surface area contributed by atoms with E-state index in [1.807, 2.05) is 41.0 Å². The van der Waals surface area contributed by atoms with Gasteiger partial charge in [0.2, 0.25) is 0 Å². The highest BCUT2D eigenvalue weighted by atomic mass is 15.3. The topological polar surface area (TPSA) is 56.7 Å². The smallest absolute Gasteiger partial charge is 0.156 e. The van der Waals surface area contributed by atoms with Crippen molar-refractivity contribution in [1.29, 1.82) is 0 Å². The fraction of sp³-hybridized carbons (Fsp3) is 0.231. The minimum Gasteiger partial charge on any atom is -0.399 e. The Bertz CT molecular complexity index is 514. The summed E-state index contributed by atoms with van der Waals surface area (Å²) in [5, 5.41) is 7.97. The first-order chi connectivity index (χ1) is 8.29. The molecule has 0 bridgehead atoms.